The zero-order valence-electron chi connectivity index (χ0n) is 12.5. The average Bonchev–Trinajstić information content (AvgIpc) is 2.55. The van der Waals surface area contributed by atoms with Gasteiger partial charge in [0.25, 0.3) is 0 Å². The Morgan fingerprint density at radius 2 is 1.68 bits per heavy atom. The number of anilines is 1. The van der Waals surface area contributed by atoms with Crippen molar-refractivity contribution in [1.29, 1.82) is 0 Å². The molecule has 22 heavy (non-hydrogen) atoms. The maximum atomic E-state index is 12.7. The first-order valence-corrected chi connectivity index (χ1v) is 7.16. The number of fused-ring (bicyclic) bond motifs is 1. The first-order valence-electron chi connectivity index (χ1n) is 7.16. The Bertz CT molecular complexity index is 711. The minimum atomic E-state index is -0.707. The van der Waals surface area contributed by atoms with Gasteiger partial charge in [0, 0.05) is 19.6 Å². The molecule has 1 amide bonds. The second-order valence-electron chi connectivity index (χ2n) is 5.28. The molecule has 0 aromatic heterocycles. The Morgan fingerprint density at radius 3 is 2.32 bits per heavy atom. The second-order valence-corrected chi connectivity index (χ2v) is 5.28. The minimum absolute atomic E-state index is 0.0931. The van der Waals surface area contributed by atoms with E-state index in [4.69, 9.17) is 4.74 Å². The van der Waals surface area contributed by atoms with Crippen molar-refractivity contribution in [2.24, 2.45) is 0 Å². The van der Waals surface area contributed by atoms with Gasteiger partial charge < -0.3 is 9.64 Å². The fraction of sp³-hybridized carbons (Fsp3) is 0.222. The summed E-state index contributed by atoms with van der Waals surface area (Å²) in [7, 11) is 1.50. The third-order valence-corrected chi connectivity index (χ3v) is 3.99. The first kappa shape index (κ1) is 14.5. The number of methoxy groups -OCH3 is 1. The van der Waals surface area contributed by atoms with Gasteiger partial charge in [0.15, 0.2) is 5.78 Å². The summed E-state index contributed by atoms with van der Waals surface area (Å²) in [6.45, 7) is 1.51. The highest BCUT2D eigenvalue weighted by Gasteiger charge is 2.42. The Morgan fingerprint density at radius 1 is 1.05 bits per heavy atom. The van der Waals surface area contributed by atoms with Crippen molar-refractivity contribution in [3.8, 4) is 0 Å². The van der Waals surface area contributed by atoms with E-state index in [1.165, 1.54) is 14.0 Å². The zero-order chi connectivity index (χ0) is 15.7. The van der Waals surface area contributed by atoms with Crippen molar-refractivity contribution in [1.82, 2.24) is 0 Å². The number of rotatable bonds is 2. The zero-order valence-corrected chi connectivity index (χ0v) is 12.5. The van der Waals surface area contributed by atoms with E-state index < -0.39 is 12.1 Å². The van der Waals surface area contributed by atoms with Gasteiger partial charge >= 0.3 is 0 Å². The van der Waals surface area contributed by atoms with Crippen LogP contribution in [0.25, 0.3) is 0 Å². The molecular formula is C18H17NO3. The van der Waals surface area contributed by atoms with Crippen LogP contribution in [0.5, 0.6) is 0 Å². The van der Waals surface area contributed by atoms with Crippen LogP contribution in [0.3, 0.4) is 0 Å². The summed E-state index contributed by atoms with van der Waals surface area (Å²) >= 11 is 0. The van der Waals surface area contributed by atoms with Gasteiger partial charge in [-0.3, -0.25) is 9.59 Å². The highest BCUT2D eigenvalue weighted by molar-refractivity contribution is 6.11. The van der Waals surface area contributed by atoms with Crippen molar-refractivity contribution in [2.75, 3.05) is 12.0 Å². The van der Waals surface area contributed by atoms with Crippen LogP contribution in [0.1, 0.15) is 28.9 Å². The molecule has 4 nitrogen and oxygen atoms in total. The van der Waals surface area contributed by atoms with E-state index in [1.807, 2.05) is 36.4 Å². The fourth-order valence-electron chi connectivity index (χ4n) is 3.05. The van der Waals surface area contributed by atoms with Crippen LogP contribution < -0.4 is 4.90 Å². The molecule has 0 spiro atoms. The van der Waals surface area contributed by atoms with Gasteiger partial charge in [-0.15, -0.1) is 0 Å². The SMILES string of the molecule is COC1C(=O)c2ccccc2N(C(C)=O)C1c1ccccc1. The minimum Gasteiger partial charge on any atom is -0.371 e. The standard InChI is InChI=1S/C18H17NO3/c1-12(20)19-15-11-7-6-10-14(15)17(21)18(22-2)16(19)13-8-4-3-5-9-13/h3-11,16,18H,1-2H3. The largest absolute Gasteiger partial charge is 0.371 e. The molecule has 112 valence electrons. The molecule has 2 aromatic carbocycles. The normalized spacial score (nSPS) is 20.6. The number of hydrogen-bond acceptors (Lipinski definition) is 3. The van der Waals surface area contributed by atoms with Crippen LogP contribution in [0, 0.1) is 0 Å². The molecule has 3 rings (SSSR count). The molecule has 1 aliphatic rings. The van der Waals surface area contributed by atoms with E-state index in [0.717, 1.165) is 5.56 Å². The molecule has 2 aromatic rings. The molecule has 0 aliphatic carbocycles. The lowest BCUT2D eigenvalue weighted by Gasteiger charge is -2.40. The number of hydrogen-bond donors (Lipinski definition) is 0. The van der Waals surface area contributed by atoms with Crippen molar-refractivity contribution in [3.63, 3.8) is 0 Å². The second kappa shape index (κ2) is 5.73. The summed E-state index contributed by atoms with van der Waals surface area (Å²) in [6, 6.07) is 16.2. The summed E-state index contributed by atoms with van der Waals surface area (Å²) in [4.78, 5) is 26.7. The molecule has 0 bridgehead atoms. The third-order valence-electron chi connectivity index (χ3n) is 3.99. The average molecular weight is 295 g/mol. The van der Waals surface area contributed by atoms with Crippen LogP contribution in [-0.2, 0) is 9.53 Å². The number of nitrogens with zero attached hydrogens (tertiary/aromatic N) is 1. The maximum Gasteiger partial charge on any atom is 0.224 e. The molecule has 4 heteroatoms. The molecule has 0 radical (unpaired) electrons. The van der Waals surface area contributed by atoms with Gasteiger partial charge in [-0.1, -0.05) is 42.5 Å². The van der Waals surface area contributed by atoms with Gasteiger partial charge in [0.05, 0.1) is 11.7 Å². The van der Waals surface area contributed by atoms with Gasteiger partial charge in [0.2, 0.25) is 5.91 Å². The van der Waals surface area contributed by atoms with Gasteiger partial charge in [-0.2, -0.15) is 0 Å². The van der Waals surface area contributed by atoms with E-state index in [0.29, 0.717) is 11.3 Å². The maximum absolute atomic E-state index is 12.7. The van der Waals surface area contributed by atoms with Crippen LogP contribution in [0.2, 0.25) is 0 Å². The highest BCUT2D eigenvalue weighted by atomic mass is 16.5. The third kappa shape index (κ3) is 2.22. The Balaban J connectivity index is 2.22. The topological polar surface area (TPSA) is 46.6 Å². The van der Waals surface area contributed by atoms with E-state index in [1.54, 1.807) is 23.1 Å². The summed E-state index contributed by atoms with van der Waals surface area (Å²) in [5.41, 5.74) is 2.05. The number of amides is 1. The van der Waals surface area contributed by atoms with Crippen molar-refractivity contribution < 1.29 is 14.3 Å². The van der Waals surface area contributed by atoms with Crippen LogP contribution in [0.4, 0.5) is 5.69 Å². The lowest BCUT2D eigenvalue weighted by atomic mass is 9.87. The van der Waals surface area contributed by atoms with E-state index in [9.17, 15) is 9.59 Å². The number of benzene rings is 2. The Kier molecular flexibility index (Phi) is 3.77. The number of ether oxygens (including phenoxy) is 1. The van der Waals surface area contributed by atoms with Crippen molar-refractivity contribution in [3.05, 3.63) is 65.7 Å². The van der Waals surface area contributed by atoms with E-state index >= 15 is 0 Å². The molecule has 2 unspecified atom stereocenters. The predicted molar refractivity (Wildman–Crippen MR) is 83.9 cm³/mol. The number of para-hydroxylation sites is 1. The Labute approximate surface area is 129 Å². The van der Waals surface area contributed by atoms with Gasteiger partial charge in [-0.25, -0.2) is 0 Å². The predicted octanol–water partition coefficient (Wildman–Crippen LogP) is 2.99. The smallest absolute Gasteiger partial charge is 0.224 e. The number of Topliss-reactive ketones (excluding diaryl/α,β-unsaturated/α-hetero) is 1. The number of carbonyl (C=O) groups is 2. The Hall–Kier alpha value is -2.46. The molecule has 0 saturated heterocycles. The lowest BCUT2D eigenvalue weighted by Crippen LogP contribution is -2.48. The summed E-state index contributed by atoms with van der Waals surface area (Å²) < 4.78 is 5.46. The van der Waals surface area contributed by atoms with Crippen molar-refractivity contribution >= 4 is 17.4 Å². The number of ketones is 1. The van der Waals surface area contributed by atoms with Crippen LogP contribution in [-0.4, -0.2) is 24.9 Å². The fourth-order valence-corrected chi connectivity index (χ4v) is 3.05. The summed E-state index contributed by atoms with van der Waals surface area (Å²) in [5, 5.41) is 0. The van der Waals surface area contributed by atoms with Gasteiger partial charge in [0.1, 0.15) is 6.10 Å². The number of carbonyl (C=O) groups excluding carboxylic acids is 2. The van der Waals surface area contributed by atoms with E-state index in [2.05, 4.69) is 0 Å². The molecule has 0 N–H and O–H groups in total. The molecule has 0 fully saturated rings. The van der Waals surface area contributed by atoms with E-state index in [-0.39, 0.29) is 11.7 Å². The molecular weight excluding hydrogens is 278 g/mol. The van der Waals surface area contributed by atoms with Gasteiger partial charge in [-0.05, 0) is 17.7 Å². The van der Waals surface area contributed by atoms with Crippen LogP contribution in [0.15, 0.2) is 54.6 Å². The van der Waals surface area contributed by atoms with Crippen molar-refractivity contribution in [2.45, 2.75) is 19.1 Å². The molecule has 1 aliphatic heterocycles. The summed E-state index contributed by atoms with van der Waals surface area (Å²) in [5.74, 6) is -0.208. The molecule has 1 heterocycles. The monoisotopic (exact) mass is 295 g/mol. The summed E-state index contributed by atoms with van der Waals surface area (Å²) in [6.07, 6.45) is -0.707. The first-order chi connectivity index (χ1) is 10.6. The van der Waals surface area contributed by atoms with Crippen LogP contribution >= 0.6 is 0 Å². The lowest BCUT2D eigenvalue weighted by molar-refractivity contribution is -0.117. The molecule has 2 atom stereocenters. The quantitative estimate of drug-likeness (QED) is 0.855. The highest BCUT2D eigenvalue weighted by Crippen LogP contribution is 2.39. The molecule has 0 saturated carbocycles.